The fourth-order valence-corrected chi connectivity index (χ4v) is 2.09. The van der Waals surface area contributed by atoms with Crippen LogP contribution in [0.4, 0.5) is 0 Å². The van der Waals surface area contributed by atoms with Gasteiger partial charge in [0.05, 0.1) is 5.02 Å². The molecule has 0 fully saturated rings. The minimum atomic E-state index is -0.859. The second-order valence-electron chi connectivity index (χ2n) is 4.59. The molecule has 22 heavy (non-hydrogen) atoms. The van der Waals surface area contributed by atoms with Gasteiger partial charge in [0.25, 0.3) is 5.91 Å². The van der Waals surface area contributed by atoms with Crippen LogP contribution in [0.1, 0.15) is 10.4 Å². The van der Waals surface area contributed by atoms with Gasteiger partial charge >= 0.3 is 0 Å². The zero-order valence-electron chi connectivity index (χ0n) is 11.6. The monoisotopic (exact) mass is 339 g/mol. The lowest BCUT2D eigenvalue weighted by molar-refractivity contribution is 0.0844. The van der Waals surface area contributed by atoms with Crippen LogP contribution in [0, 0.1) is 0 Å². The van der Waals surface area contributed by atoms with Gasteiger partial charge < -0.3 is 15.2 Å². The summed E-state index contributed by atoms with van der Waals surface area (Å²) in [6.45, 7) is 0.0705. The van der Waals surface area contributed by atoms with Crippen molar-refractivity contribution in [1.29, 1.82) is 0 Å². The van der Waals surface area contributed by atoms with E-state index in [0.717, 1.165) is 0 Å². The van der Waals surface area contributed by atoms with Crippen molar-refractivity contribution < 1.29 is 14.6 Å². The Balaban J connectivity index is 1.80. The van der Waals surface area contributed by atoms with E-state index in [0.29, 0.717) is 21.4 Å². The molecule has 6 heteroatoms. The highest BCUT2D eigenvalue weighted by Crippen LogP contribution is 2.31. The summed E-state index contributed by atoms with van der Waals surface area (Å²) in [5.74, 6) is 0.142. The lowest BCUT2D eigenvalue weighted by Gasteiger charge is -2.14. The first-order valence-electron chi connectivity index (χ1n) is 6.66. The Labute approximate surface area is 138 Å². The van der Waals surface area contributed by atoms with Crippen molar-refractivity contribution in [2.75, 3.05) is 13.2 Å². The van der Waals surface area contributed by atoms with E-state index in [-0.39, 0.29) is 19.1 Å². The van der Waals surface area contributed by atoms with Crippen molar-refractivity contribution in [2.24, 2.45) is 0 Å². The predicted octanol–water partition coefficient (Wildman–Crippen LogP) is 3.16. The number of hydrogen-bond acceptors (Lipinski definition) is 3. The number of amides is 1. The largest absolute Gasteiger partial charge is 0.489 e. The standard InChI is InChI=1S/C16H15Cl2NO3/c17-13-7-4-8-14(15(13)18)22-10-12(20)9-19-16(21)11-5-2-1-3-6-11/h1-8,12,20H,9-10H2,(H,19,21). The van der Waals surface area contributed by atoms with Crippen LogP contribution >= 0.6 is 23.2 Å². The first kappa shape index (κ1) is 16.6. The smallest absolute Gasteiger partial charge is 0.251 e. The van der Waals surface area contributed by atoms with Crippen molar-refractivity contribution in [2.45, 2.75) is 6.10 Å². The van der Waals surface area contributed by atoms with Crippen molar-refractivity contribution in [3.8, 4) is 5.75 Å². The molecular formula is C16H15Cl2NO3. The molecule has 0 saturated heterocycles. The van der Waals surface area contributed by atoms with Crippen molar-refractivity contribution in [3.05, 3.63) is 64.1 Å². The quantitative estimate of drug-likeness (QED) is 0.849. The normalized spacial score (nSPS) is 11.8. The summed E-state index contributed by atoms with van der Waals surface area (Å²) in [4.78, 5) is 11.8. The van der Waals surface area contributed by atoms with E-state index in [9.17, 15) is 9.90 Å². The molecule has 0 bridgehead atoms. The summed E-state index contributed by atoms with van der Waals surface area (Å²) in [7, 11) is 0. The number of aliphatic hydroxyl groups is 1. The van der Waals surface area contributed by atoms with E-state index >= 15 is 0 Å². The van der Waals surface area contributed by atoms with Gasteiger partial charge in [-0.1, -0.05) is 47.5 Å². The molecule has 2 rings (SSSR count). The molecule has 2 aromatic rings. The molecule has 0 radical (unpaired) electrons. The van der Waals surface area contributed by atoms with Crippen LogP contribution in [0.25, 0.3) is 0 Å². The molecule has 1 atom stereocenters. The number of ether oxygens (including phenoxy) is 1. The molecule has 2 aromatic carbocycles. The Morgan fingerprint density at radius 1 is 1.14 bits per heavy atom. The lowest BCUT2D eigenvalue weighted by atomic mass is 10.2. The second kappa shape index (κ2) is 8.03. The minimum absolute atomic E-state index is 0.00483. The summed E-state index contributed by atoms with van der Waals surface area (Å²) >= 11 is 11.8. The molecule has 0 aromatic heterocycles. The summed E-state index contributed by atoms with van der Waals surface area (Å²) in [6.07, 6.45) is -0.859. The maximum absolute atomic E-state index is 11.8. The summed E-state index contributed by atoms with van der Waals surface area (Å²) in [6, 6.07) is 13.8. The van der Waals surface area contributed by atoms with Gasteiger partial charge in [0.1, 0.15) is 23.5 Å². The number of halogens is 2. The average Bonchev–Trinajstić information content (AvgIpc) is 2.54. The Morgan fingerprint density at radius 2 is 1.86 bits per heavy atom. The fraction of sp³-hybridized carbons (Fsp3) is 0.188. The van der Waals surface area contributed by atoms with Gasteiger partial charge in [0, 0.05) is 12.1 Å². The lowest BCUT2D eigenvalue weighted by Crippen LogP contribution is -2.35. The van der Waals surface area contributed by atoms with E-state index in [1.165, 1.54) is 0 Å². The zero-order chi connectivity index (χ0) is 15.9. The third-order valence-corrected chi connectivity index (χ3v) is 3.68. The van der Waals surface area contributed by atoms with Gasteiger partial charge in [-0.05, 0) is 24.3 Å². The van der Waals surface area contributed by atoms with Gasteiger partial charge in [-0.2, -0.15) is 0 Å². The molecule has 116 valence electrons. The van der Waals surface area contributed by atoms with Crippen LogP contribution in [-0.2, 0) is 0 Å². The number of rotatable bonds is 6. The minimum Gasteiger partial charge on any atom is -0.489 e. The van der Waals surface area contributed by atoms with E-state index in [4.69, 9.17) is 27.9 Å². The zero-order valence-corrected chi connectivity index (χ0v) is 13.1. The molecule has 0 aliphatic heterocycles. The van der Waals surface area contributed by atoms with Gasteiger partial charge in [-0.15, -0.1) is 0 Å². The molecule has 0 saturated carbocycles. The SMILES string of the molecule is O=C(NCC(O)COc1cccc(Cl)c1Cl)c1ccccc1. The maximum atomic E-state index is 11.8. The number of hydrogen-bond donors (Lipinski definition) is 2. The van der Waals surface area contributed by atoms with Crippen LogP contribution in [0.2, 0.25) is 10.0 Å². The Hall–Kier alpha value is -1.75. The van der Waals surface area contributed by atoms with Crippen molar-refractivity contribution in [3.63, 3.8) is 0 Å². The number of nitrogens with one attached hydrogen (secondary N) is 1. The number of aliphatic hydroxyl groups excluding tert-OH is 1. The highest BCUT2D eigenvalue weighted by molar-refractivity contribution is 6.42. The van der Waals surface area contributed by atoms with Crippen LogP contribution in [0.15, 0.2) is 48.5 Å². The molecule has 0 aliphatic rings. The predicted molar refractivity (Wildman–Crippen MR) is 86.7 cm³/mol. The first-order chi connectivity index (χ1) is 10.6. The van der Waals surface area contributed by atoms with Gasteiger partial charge in [0.15, 0.2) is 0 Å². The van der Waals surface area contributed by atoms with Crippen LogP contribution in [0.3, 0.4) is 0 Å². The molecule has 4 nitrogen and oxygen atoms in total. The highest BCUT2D eigenvalue weighted by atomic mass is 35.5. The number of benzene rings is 2. The van der Waals surface area contributed by atoms with Gasteiger partial charge in [-0.3, -0.25) is 4.79 Å². The van der Waals surface area contributed by atoms with Crippen molar-refractivity contribution in [1.82, 2.24) is 5.32 Å². The molecule has 1 amide bonds. The first-order valence-corrected chi connectivity index (χ1v) is 7.41. The van der Waals surface area contributed by atoms with Crippen molar-refractivity contribution >= 4 is 29.1 Å². The summed E-state index contributed by atoms with van der Waals surface area (Å²) < 4.78 is 5.40. The Kier molecular flexibility index (Phi) is 6.07. The maximum Gasteiger partial charge on any atom is 0.251 e. The van der Waals surface area contributed by atoms with E-state index < -0.39 is 6.10 Å². The van der Waals surface area contributed by atoms with Crippen LogP contribution < -0.4 is 10.1 Å². The molecule has 2 N–H and O–H groups in total. The number of carbonyl (C=O) groups excluding carboxylic acids is 1. The van der Waals surface area contributed by atoms with E-state index in [1.807, 2.05) is 6.07 Å². The molecule has 0 spiro atoms. The summed E-state index contributed by atoms with van der Waals surface area (Å²) in [5.41, 5.74) is 0.536. The third kappa shape index (κ3) is 4.63. The second-order valence-corrected chi connectivity index (χ2v) is 5.38. The number of carbonyl (C=O) groups is 1. The molecule has 1 unspecified atom stereocenters. The van der Waals surface area contributed by atoms with Crippen LogP contribution in [0.5, 0.6) is 5.75 Å². The molecule has 0 aliphatic carbocycles. The van der Waals surface area contributed by atoms with Crippen LogP contribution in [-0.4, -0.2) is 30.3 Å². The Bertz CT molecular complexity index is 635. The highest BCUT2D eigenvalue weighted by Gasteiger charge is 2.11. The fourth-order valence-electron chi connectivity index (χ4n) is 1.74. The van der Waals surface area contributed by atoms with E-state index in [2.05, 4.69) is 5.32 Å². The molecular weight excluding hydrogens is 325 g/mol. The average molecular weight is 340 g/mol. The van der Waals surface area contributed by atoms with Gasteiger partial charge in [0.2, 0.25) is 0 Å². The molecule has 0 heterocycles. The van der Waals surface area contributed by atoms with Gasteiger partial charge in [-0.25, -0.2) is 0 Å². The summed E-state index contributed by atoms with van der Waals surface area (Å²) in [5, 5.41) is 13.2. The Morgan fingerprint density at radius 3 is 2.59 bits per heavy atom. The topological polar surface area (TPSA) is 58.6 Å². The third-order valence-electron chi connectivity index (χ3n) is 2.88. The van der Waals surface area contributed by atoms with E-state index in [1.54, 1.807) is 42.5 Å².